The van der Waals surface area contributed by atoms with E-state index in [9.17, 15) is 34.8 Å². The van der Waals surface area contributed by atoms with Crippen LogP contribution in [0.2, 0.25) is 0 Å². The van der Waals surface area contributed by atoms with E-state index >= 15 is 0 Å². The van der Waals surface area contributed by atoms with Crippen LogP contribution in [-0.2, 0) is 35.5 Å². The number of aliphatic hydroxyl groups is 2. The SMILES string of the molecule is COC(=O)/C=C/[C@H](CCCN1Cc2c(cc(O)c3c2O[C@](C)(CC/C=C(\C)CCC=C(C)C)[C@@H](O)C3)C1=O)N1Cc2c(cc(O)c3c2O[C@](C)(CC/C=C(\C)CCC=C(C)C)[C@@H](O)C3)C1=O. The van der Waals surface area contributed by atoms with Gasteiger partial charge in [-0.15, -0.1) is 0 Å². The summed E-state index contributed by atoms with van der Waals surface area (Å²) in [6.07, 6.45) is 17.5. The molecule has 4 N–H and O–H groups in total. The zero-order valence-electron chi connectivity index (χ0n) is 40.6. The summed E-state index contributed by atoms with van der Waals surface area (Å²) in [5, 5.41) is 44.9. The second-order valence-electron chi connectivity index (χ2n) is 19.8. The fraction of sp³-hybridized carbons (Fsp3) is 0.537. The Morgan fingerprint density at radius 2 is 1.23 bits per heavy atom. The van der Waals surface area contributed by atoms with Crippen molar-refractivity contribution in [3.63, 3.8) is 0 Å². The second kappa shape index (κ2) is 21.1. The number of esters is 1. The third kappa shape index (κ3) is 11.3. The Hall–Kier alpha value is -5.33. The molecule has 2 aromatic carbocycles. The summed E-state index contributed by atoms with van der Waals surface area (Å²) in [4.78, 5) is 43.9. The molecule has 358 valence electrons. The van der Waals surface area contributed by atoms with E-state index < -0.39 is 35.4 Å². The maximum absolute atomic E-state index is 14.2. The number of amides is 2. The summed E-state index contributed by atoms with van der Waals surface area (Å²) < 4.78 is 18.1. The highest BCUT2D eigenvalue weighted by atomic mass is 16.5. The fourth-order valence-corrected chi connectivity index (χ4v) is 9.63. The molecule has 0 bridgehead atoms. The van der Waals surface area contributed by atoms with Gasteiger partial charge in [0.2, 0.25) is 0 Å². The molecule has 6 rings (SSSR count). The lowest BCUT2D eigenvalue weighted by Crippen LogP contribution is -2.49. The van der Waals surface area contributed by atoms with Gasteiger partial charge in [0.15, 0.2) is 0 Å². The molecule has 0 saturated carbocycles. The highest BCUT2D eigenvalue weighted by molar-refractivity contribution is 6.01. The Bertz CT molecular complexity index is 2330. The summed E-state index contributed by atoms with van der Waals surface area (Å²) >= 11 is 0. The second-order valence-corrected chi connectivity index (χ2v) is 19.8. The highest BCUT2D eigenvalue weighted by Gasteiger charge is 2.46. The molecule has 4 heterocycles. The van der Waals surface area contributed by atoms with E-state index in [1.54, 1.807) is 15.9 Å². The van der Waals surface area contributed by atoms with Gasteiger partial charge in [-0.2, -0.15) is 0 Å². The molecule has 12 heteroatoms. The summed E-state index contributed by atoms with van der Waals surface area (Å²) in [6.45, 7) is 17.1. The molecule has 0 unspecified atom stereocenters. The van der Waals surface area contributed by atoms with E-state index in [1.165, 1.54) is 47.6 Å². The third-order valence-corrected chi connectivity index (χ3v) is 13.9. The van der Waals surface area contributed by atoms with Gasteiger partial charge in [0.1, 0.15) is 34.2 Å². The Balaban J connectivity index is 1.15. The van der Waals surface area contributed by atoms with Gasteiger partial charge in [-0.3, -0.25) is 9.59 Å². The standard InChI is InChI=1S/C54H72N2O10/c1-33(2)15-10-17-35(5)19-12-24-53(7)46(59)29-40-44(57)27-38-42(49(40)65-53)31-55(51(38)62)26-14-21-37(22-23-48(61)64-9)56-32-43-39(52(56)63)28-45(58)41-30-47(60)54(8,66-50(41)43)25-13-20-36(6)18-11-16-34(3)4/h15-16,19-20,22-23,27-28,37,46-47,57-60H,10-14,17-18,21,24-26,29-32H2,1-9H3/b23-22+,35-19+,36-20+/t37-,46-,47-,53+,54+/m0/s1. The van der Waals surface area contributed by atoms with Crippen molar-refractivity contribution in [3.8, 4) is 23.0 Å². The van der Waals surface area contributed by atoms with Crippen LogP contribution in [-0.4, -0.2) is 91.1 Å². The van der Waals surface area contributed by atoms with Gasteiger partial charge < -0.3 is 44.4 Å². The Morgan fingerprint density at radius 3 is 1.71 bits per heavy atom. The number of fused-ring (bicyclic) bond motifs is 6. The number of ether oxygens (including phenoxy) is 3. The van der Waals surface area contributed by atoms with Crippen LogP contribution < -0.4 is 9.47 Å². The predicted molar refractivity (Wildman–Crippen MR) is 256 cm³/mol. The zero-order chi connectivity index (χ0) is 48.1. The maximum atomic E-state index is 14.2. The van der Waals surface area contributed by atoms with E-state index in [-0.39, 0.29) is 49.2 Å². The van der Waals surface area contributed by atoms with Crippen molar-refractivity contribution >= 4 is 17.8 Å². The number of carbonyl (C=O) groups excluding carboxylic acids is 3. The van der Waals surface area contributed by atoms with Gasteiger partial charge in [-0.25, -0.2) is 4.79 Å². The number of aromatic hydroxyl groups is 2. The first-order chi connectivity index (χ1) is 31.2. The number of carbonyl (C=O) groups is 3. The summed E-state index contributed by atoms with van der Waals surface area (Å²) in [7, 11) is 1.28. The van der Waals surface area contributed by atoms with Crippen molar-refractivity contribution in [2.75, 3.05) is 13.7 Å². The van der Waals surface area contributed by atoms with E-state index in [0.717, 1.165) is 25.7 Å². The number of hydrogen-bond acceptors (Lipinski definition) is 10. The average Bonchev–Trinajstić information content (AvgIpc) is 3.74. The number of phenolic OH excluding ortho intramolecular Hbond substituents is 2. The summed E-state index contributed by atoms with van der Waals surface area (Å²) in [6, 6.07) is 2.33. The summed E-state index contributed by atoms with van der Waals surface area (Å²) in [5.74, 6) is -0.499. The van der Waals surface area contributed by atoms with Crippen molar-refractivity contribution in [2.24, 2.45) is 0 Å². The normalized spacial score (nSPS) is 22.9. The minimum Gasteiger partial charge on any atom is -0.508 e. The van der Waals surface area contributed by atoms with E-state index in [2.05, 4.69) is 65.8 Å². The molecule has 66 heavy (non-hydrogen) atoms. The molecule has 0 aromatic heterocycles. The quantitative estimate of drug-likeness (QED) is 0.0606. The lowest BCUT2D eigenvalue weighted by molar-refractivity contribution is -0.134. The van der Waals surface area contributed by atoms with Crippen molar-refractivity contribution in [1.82, 2.24) is 9.80 Å². The van der Waals surface area contributed by atoms with Gasteiger partial charge >= 0.3 is 5.97 Å². The number of phenols is 2. The number of methoxy groups -OCH3 is 1. The van der Waals surface area contributed by atoms with Crippen molar-refractivity contribution in [3.05, 3.63) is 104 Å². The van der Waals surface area contributed by atoms with Gasteiger partial charge in [-0.05, 0) is 132 Å². The molecule has 4 aliphatic heterocycles. The Kier molecular flexibility index (Phi) is 16.0. The van der Waals surface area contributed by atoms with Gasteiger partial charge in [-0.1, -0.05) is 52.7 Å². The molecule has 2 amide bonds. The van der Waals surface area contributed by atoms with Crippen LogP contribution in [0.4, 0.5) is 0 Å². The Morgan fingerprint density at radius 1 is 0.742 bits per heavy atom. The number of allylic oxidation sites excluding steroid dienone is 8. The molecule has 12 nitrogen and oxygen atoms in total. The first kappa shape index (κ1) is 50.1. The monoisotopic (exact) mass is 909 g/mol. The van der Waals surface area contributed by atoms with Crippen molar-refractivity contribution < 1.29 is 49.0 Å². The molecule has 0 fully saturated rings. The molecule has 0 spiro atoms. The maximum Gasteiger partial charge on any atom is 0.330 e. The van der Waals surface area contributed by atoms with Crippen LogP contribution in [0, 0.1) is 0 Å². The molecule has 2 aromatic rings. The fourth-order valence-electron chi connectivity index (χ4n) is 9.63. The third-order valence-electron chi connectivity index (χ3n) is 13.9. The molecule has 0 saturated heterocycles. The number of benzene rings is 2. The van der Waals surface area contributed by atoms with Crippen LogP contribution in [0.3, 0.4) is 0 Å². The molecule has 0 radical (unpaired) electrons. The van der Waals surface area contributed by atoms with Crippen LogP contribution in [0.15, 0.2) is 70.9 Å². The topological polar surface area (TPSA) is 166 Å². The molecular formula is C54H72N2O10. The molecular weight excluding hydrogens is 837 g/mol. The lowest BCUT2D eigenvalue weighted by atomic mass is 9.84. The zero-order valence-corrected chi connectivity index (χ0v) is 40.6. The average molecular weight is 909 g/mol. The first-order valence-electron chi connectivity index (χ1n) is 23.7. The van der Waals surface area contributed by atoms with E-state index in [0.29, 0.717) is 89.9 Å². The van der Waals surface area contributed by atoms with Crippen LogP contribution in [0.25, 0.3) is 0 Å². The van der Waals surface area contributed by atoms with E-state index in [4.69, 9.17) is 14.2 Å². The van der Waals surface area contributed by atoms with Crippen molar-refractivity contribution in [2.45, 2.75) is 175 Å². The lowest BCUT2D eigenvalue weighted by Gasteiger charge is -2.41. The number of hydrogen-bond donors (Lipinski definition) is 4. The minimum atomic E-state index is -0.965. The van der Waals surface area contributed by atoms with Gasteiger partial charge in [0.25, 0.3) is 11.8 Å². The summed E-state index contributed by atoms with van der Waals surface area (Å²) in [5.41, 5.74) is 6.13. The van der Waals surface area contributed by atoms with Crippen LogP contribution >= 0.6 is 0 Å². The van der Waals surface area contributed by atoms with Gasteiger partial charge in [0, 0.05) is 47.7 Å². The predicted octanol–water partition coefficient (Wildman–Crippen LogP) is 9.64. The largest absolute Gasteiger partial charge is 0.508 e. The minimum absolute atomic E-state index is 0.0835. The molecule has 5 atom stereocenters. The smallest absolute Gasteiger partial charge is 0.330 e. The van der Waals surface area contributed by atoms with E-state index in [1.807, 2.05) is 13.8 Å². The number of rotatable bonds is 19. The molecule has 4 aliphatic rings. The number of nitrogens with zero attached hydrogens (tertiary/aromatic N) is 2. The van der Waals surface area contributed by atoms with Crippen LogP contribution in [0.1, 0.15) is 163 Å². The highest BCUT2D eigenvalue weighted by Crippen LogP contribution is 2.48. The first-order valence-corrected chi connectivity index (χ1v) is 23.7. The van der Waals surface area contributed by atoms with Gasteiger partial charge in [0.05, 0.1) is 49.6 Å². The number of aliphatic hydroxyl groups excluding tert-OH is 2. The Labute approximate surface area is 391 Å². The van der Waals surface area contributed by atoms with Crippen molar-refractivity contribution in [1.29, 1.82) is 0 Å². The molecule has 0 aliphatic carbocycles. The van der Waals surface area contributed by atoms with Crippen LogP contribution in [0.5, 0.6) is 23.0 Å².